The van der Waals surface area contributed by atoms with Gasteiger partial charge in [0.1, 0.15) is 11.6 Å². The van der Waals surface area contributed by atoms with Crippen molar-refractivity contribution in [2.75, 3.05) is 7.11 Å². The van der Waals surface area contributed by atoms with E-state index >= 15 is 0 Å². The van der Waals surface area contributed by atoms with Crippen LogP contribution in [0, 0.1) is 5.82 Å². The number of halogens is 2. The molecule has 0 spiro atoms. The van der Waals surface area contributed by atoms with Gasteiger partial charge in [0.05, 0.1) is 12.1 Å². The van der Waals surface area contributed by atoms with Crippen molar-refractivity contribution >= 4 is 11.6 Å². The van der Waals surface area contributed by atoms with E-state index in [4.69, 9.17) is 22.1 Å². The second-order valence-electron chi connectivity index (χ2n) is 2.29. The van der Waals surface area contributed by atoms with Gasteiger partial charge in [-0.3, -0.25) is 0 Å². The number of rotatable bonds is 2. The van der Waals surface area contributed by atoms with Gasteiger partial charge in [-0.05, 0) is 11.6 Å². The van der Waals surface area contributed by atoms with E-state index < -0.39 is 5.82 Å². The van der Waals surface area contributed by atoms with Gasteiger partial charge in [0.2, 0.25) is 0 Å². The van der Waals surface area contributed by atoms with Crippen LogP contribution in [0.25, 0.3) is 0 Å². The Morgan fingerprint density at radius 3 is 2.75 bits per heavy atom. The molecule has 0 aliphatic rings. The molecule has 1 aromatic carbocycles. The molecule has 0 saturated carbocycles. The van der Waals surface area contributed by atoms with Gasteiger partial charge in [0, 0.05) is 12.6 Å². The van der Waals surface area contributed by atoms with Crippen molar-refractivity contribution in [2.24, 2.45) is 5.73 Å². The maximum atomic E-state index is 12.8. The van der Waals surface area contributed by atoms with Crippen LogP contribution in [0.4, 0.5) is 4.39 Å². The van der Waals surface area contributed by atoms with Gasteiger partial charge in [-0.25, -0.2) is 4.39 Å². The largest absolute Gasteiger partial charge is 0.495 e. The number of ether oxygens (including phenoxy) is 1. The van der Waals surface area contributed by atoms with Crippen molar-refractivity contribution in [3.05, 3.63) is 28.5 Å². The lowest BCUT2D eigenvalue weighted by molar-refractivity contribution is 0.411. The molecule has 12 heavy (non-hydrogen) atoms. The molecule has 0 aliphatic heterocycles. The summed E-state index contributed by atoms with van der Waals surface area (Å²) < 4.78 is 17.6. The van der Waals surface area contributed by atoms with E-state index in [-0.39, 0.29) is 6.54 Å². The first kappa shape index (κ1) is 9.29. The third kappa shape index (κ3) is 1.68. The summed E-state index contributed by atoms with van der Waals surface area (Å²) in [6, 6.07) is 2.52. The average molecular weight is 190 g/mol. The first-order chi connectivity index (χ1) is 5.69. The van der Waals surface area contributed by atoms with Gasteiger partial charge in [-0.2, -0.15) is 0 Å². The number of hydrogen-bond acceptors (Lipinski definition) is 2. The van der Waals surface area contributed by atoms with Crippen LogP contribution >= 0.6 is 11.6 Å². The third-order valence-corrected chi connectivity index (χ3v) is 1.95. The second-order valence-corrected chi connectivity index (χ2v) is 2.66. The molecule has 0 amide bonds. The van der Waals surface area contributed by atoms with Gasteiger partial charge in [-0.15, -0.1) is 0 Å². The second kappa shape index (κ2) is 3.74. The average Bonchev–Trinajstić information content (AvgIpc) is 2.08. The Morgan fingerprint density at radius 1 is 1.58 bits per heavy atom. The Bertz CT molecular complexity index is 265. The SMILES string of the molecule is COc1cc(F)cc(CN)c1Cl. The molecule has 2 N–H and O–H groups in total. The third-order valence-electron chi connectivity index (χ3n) is 1.52. The lowest BCUT2D eigenvalue weighted by Crippen LogP contribution is -1.99. The molecule has 0 heterocycles. The molecule has 0 aromatic heterocycles. The van der Waals surface area contributed by atoms with E-state index in [2.05, 4.69) is 0 Å². The molecule has 0 fully saturated rings. The standard InChI is InChI=1S/C8H9ClFNO/c1-12-7-3-6(10)2-5(4-11)8(7)9/h2-3H,4,11H2,1H3. The van der Waals surface area contributed by atoms with Crippen LogP contribution in [0.5, 0.6) is 5.75 Å². The molecule has 2 nitrogen and oxygen atoms in total. The highest BCUT2D eigenvalue weighted by Gasteiger charge is 2.07. The Balaban J connectivity index is 3.22. The van der Waals surface area contributed by atoms with Crippen LogP contribution in [0.1, 0.15) is 5.56 Å². The first-order valence-corrected chi connectivity index (χ1v) is 3.78. The summed E-state index contributed by atoms with van der Waals surface area (Å²) in [5.74, 6) is -0.0752. The van der Waals surface area contributed by atoms with Crippen molar-refractivity contribution in [1.29, 1.82) is 0 Å². The molecule has 4 heteroatoms. The predicted molar refractivity (Wildman–Crippen MR) is 45.9 cm³/mol. The van der Waals surface area contributed by atoms with Crippen molar-refractivity contribution in [3.63, 3.8) is 0 Å². The number of benzene rings is 1. The van der Waals surface area contributed by atoms with Gasteiger partial charge < -0.3 is 10.5 Å². The van der Waals surface area contributed by atoms with Crippen LogP contribution in [0.2, 0.25) is 5.02 Å². The van der Waals surface area contributed by atoms with E-state index in [1.807, 2.05) is 0 Å². The van der Waals surface area contributed by atoms with E-state index in [0.717, 1.165) is 0 Å². The van der Waals surface area contributed by atoms with E-state index in [0.29, 0.717) is 16.3 Å². The van der Waals surface area contributed by atoms with Gasteiger partial charge >= 0.3 is 0 Å². The van der Waals surface area contributed by atoms with Crippen LogP contribution in [-0.4, -0.2) is 7.11 Å². The van der Waals surface area contributed by atoms with Crippen LogP contribution < -0.4 is 10.5 Å². The molecule has 0 saturated heterocycles. The van der Waals surface area contributed by atoms with E-state index in [1.54, 1.807) is 0 Å². The molecule has 0 radical (unpaired) electrons. The quantitative estimate of drug-likeness (QED) is 0.772. The zero-order valence-electron chi connectivity index (χ0n) is 6.60. The van der Waals surface area contributed by atoms with Gasteiger partial charge in [-0.1, -0.05) is 11.6 Å². The molecule has 0 unspecified atom stereocenters. The molecule has 66 valence electrons. The fraction of sp³-hybridized carbons (Fsp3) is 0.250. The lowest BCUT2D eigenvalue weighted by atomic mass is 10.2. The molecule has 0 aliphatic carbocycles. The van der Waals surface area contributed by atoms with Crippen LogP contribution in [0.15, 0.2) is 12.1 Å². The Morgan fingerprint density at radius 2 is 2.25 bits per heavy atom. The summed E-state index contributed by atoms with van der Waals surface area (Å²) in [6.07, 6.45) is 0. The highest BCUT2D eigenvalue weighted by Crippen LogP contribution is 2.28. The maximum Gasteiger partial charge on any atom is 0.140 e. The van der Waals surface area contributed by atoms with Crippen LogP contribution in [0.3, 0.4) is 0 Å². The first-order valence-electron chi connectivity index (χ1n) is 3.41. The number of hydrogen-bond donors (Lipinski definition) is 1. The molecule has 0 bridgehead atoms. The molecule has 1 aromatic rings. The minimum absolute atomic E-state index is 0.201. The lowest BCUT2D eigenvalue weighted by Gasteiger charge is -2.06. The minimum atomic E-state index is -0.392. The predicted octanol–water partition coefficient (Wildman–Crippen LogP) is 1.95. The Hall–Kier alpha value is -0.800. The normalized spacial score (nSPS) is 10.0. The summed E-state index contributed by atoms with van der Waals surface area (Å²) in [5.41, 5.74) is 5.89. The summed E-state index contributed by atoms with van der Waals surface area (Å²) in [4.78, 5) is 0. The minimum Gasteiger partial charge on any atom is -0.495 e. The fourth-order valence-corrected chi connectivity index (χ4v) is 1.18. The summed E-state index contributed by atoms with van der Waals surface area (Å²) in [5, 5.41) is 0.376. The van der Waals surface area contributed by atoms with Crippen molar-refractivity contribution < 1.29 is 9.13 Å². The highest BCUT2D eigenvalue weighted by atomic mass is 35.5. The number of nitrogens with two attached hydrogens (primary N) is 1. The molecular weight excluding hydrogens is 181 g/mol. The van der Waals surface area contributed by atoms with Crippen LogP contribution in [-0.2, 0) is 6.54 Å². The zero-order valence-corrected chi connectivity index (χ0v) is 7.36. The topological polar surface area (TPSA) is 35.2 Å². The molecule has 0 atom stereocenters. The van der Waals surface area contributed by atoms with Crippen molar-refractivity contribution in [3.8, 4) is 5.75 Å². The molecule has 1 rings (SSSR count). The molecular formula is C8H9ClFNO. The monoisotopic (exact) mass is 189 g/mol. The van der Waals surface area contributed by atoms with Gasteiger partial charge in [0.15, 0.2) is 0 Å². The summed E-state index contributed by atoms with van der Waals surface area (Å²) in [6.45, 7) is 0.201. The van der Waals surface area contributed by atoms with Crippen molar-refractivity contribution in [1.82, 2.24) is 0 Å². The Kier molecular flexibility index (Phi) is 2.89. The Labute approximate surface area is 75.1 Å². The summed E-state index contributed by atoms with van der Waals surface area (Å²) in [7, 11) is 1.43. The van der Waals surface area contributed by atoms with E-state index in [1.165, 1.54) is 19.2 Å². The smallest absolute Gasteiger partial charge is 0.140 e. The highest BCUT2D eigenvalue weighted by molar-refractivity contribution is 6.32. The summed E-state index contributed by atoms with van der Waals surface area (Å²) >= 11 is 5.81. The number of methoxy groups -OCH3 is 1. The zero-order chi connectivity index (χ0) is 9.14. The van der Waals surface area contributed by atoms with Gasteiger partial charge in [0.25, 0.3) is 0 Å². The van der Waals surface area contributed by atoms with E-state index in [9.17, 15) is 4.39 Å². The fourth-order valence-electron chi connectivity index (χ4n) is 0.915. The maximum absolute atomic E-state index is 12.8. The van der Waals surface area contributed by atoms with Crippen molar-refractivity contribution in [2.45, 2.75) is 6.54 Å².